The lowest BCUT2D eigenvalue weighted by Gasteiger charge is -1.89. The summed E-state index contributed by atoms with van der Waals surface area (Å²) in [7, 11) is 0. The molecule has 3 heteroatoms. The van der Waals surface area contributed by atoms with E-state index < -0.39 is 0 Å². The molecule has 1 rings (SSSR count). The summed E-state index contributed by atoms with van der Waals surface area (Å²) in [5, 5.41) is 11.4. The molecule has 0 heterocycles. The summed E-state index contributed by atoms with van der Waals surface area (Å²) in [4.78, 5) is 0. The fourth-order valence-electron chi connectivity index (χ4n) is 0.711. The van der Waals surface area contributed by atoms with Gasteiger partial charge in [0.15, 0.2) is 0 Å². The molecule has 2 nitrogen and oxygen atoms in total. The van der Waals surface area contributed by atoms with Gasteiger partial charge < -0.3 is 5.21 Å². The van der Waals surface area contributed by atoms with Crippen molar-refractivity contribution in [3.63, 3.8) is 0 Å². The number of rotatable bonds is 0. The van der Waals surface area contributed by atoms with Crippen molar-refractivity contribution in [3.05, 3.63) is 34.9 Å². The minimum absolute atomic E-state index is 0.641. The van der Waals surface area contributed by atoms with E-state index in [-0.39, 0.29) is 0 Å². The molecule has 0 radical (unpaired) electrons. The van der Waals surface area contributed by atoms with E-state index in [0.29, 0.717) is 5.02 Å². The van der Waals surface area contributed by atoms with E-state index in [1.165, 1.54) is 0 Å². The molecule has 60 valence electrons. The van der Waals surface area contributed by atoms with Crippen molar-refractivity contribution in [2.45, 2.75) is 0 Å². The van der Waals surface area contributed by atoms with Crippen LogP contribution in [0.15, 0.2) is 29.4 Å². The molecule has 0 unspecified atom stereocenters. The highest BCUT2D eigenvalue weighted by Gasteiger charge is 1.86. The summed E-state index contributed by atoms with van der Waals surface area (Å²) in [6.07, 6.45) is 1.11. The van der Waals surface area contributed by atoms with Crippen molar-refractivity contribution >= 4 is 17.8 Å². The molecule has 0 aliphatic rings. The second-order valence-electron chi connectivity index (χ2n) is 2.02. The molecule has 0 spiro atoms. The fourth-order valence-corrected chi connectivity index (χ4v) is 0.901. The third kappa shape index (κ3) is 2.65. The lowest BCUT2D eigenvalue weighted by Crippen LogP contribution is -1.73. The van der Waals surface area contributed by atoms with Crippen LogP contribution in [0, 0.1) is 11.8 Å². The Labute approximate surface area is 75.5 Å². The van der Waals surface area contributed by atoms with E-state index >= 15 is 0 Å². The Morgan fingerprint density at radius 2 is 2.33 bits per heavy atom. The van der Waals surface area contributed by atoms with Gasteiger partial charge >= 0.3 is 0 Å². The van der Waals surface area contributed by atoms with Crippen LogP contribution in [-0.4, -0.2) is 11.4 Å². The number of hydrogen-bond acceptors (Lipinski definition) is 2. The van der Waals surface area contributed by atoms with Crippen LogP contribution < -0.4 is 0 Å². The van der Waals surface area contributed by atoms with Gasteiger partial charge in [0.05, 0.1) is 0 Å². The summed E-state index contributed by atoms with van der Waals surface area (Å²) in [6, 6.07) is 7.14. The molecule has 0 aromatic heterocycles. The number of halogens is 1. The number of nitrogens with zero attached hydrogens (tertiary/aromatic N) is 1. The van der Waals surface area contributed by atoms with Crippen molar-refractivity contribution < 1.29 is 5.21 Å². The average molecular weight is 180 g/mol. The molecular weight excluding hydrogens is 174 g/mol. The van der Waals surface area contributed by atoms with Crippen molar-refractivity contribution in [1.82, 2.24) is 0 Å². The summed E-state index contributed by atoms with van der Waals surface area (Å²) in [6.45, 7) is 0. The molecule has 0 saturated heterocycles. The lowest BCUT2D eigenvalue weighted by atomic mass is 10.2. The van der Waals surface area contributed by atoms with Gasteiger partial charge in [0.2, 0.25) is 0 Å². The average Bonchev–Trinajstić information content (AvgIpc) is 2.05. The van der Waals surface area contributed by atoms with Gasteiger partial charge in [-0.1, -0.05) is 28.7 Å². The molecule has 0 bridgehead atoms. The molecule has 0 amide bonds. The number of oxime groups is 1. The summed E-state index contributed by atoms with van der Waals surface area (Å²) in [5.74, 6) is 5.27. The number of hydrogen-bond donors (Lipinski definition) is 1. The maximum absolute atomic E-state index is 8.04. The Morgan fingerprint density at radius 1 is 1.50 bits per heavy atom. The highest BCUT2D eigenvalue weighted by molar-refractivity contribution is 6.30. The van der Waals surface area contributed by atoms with Crippen LogP contribution >= 0.6 is 11.6 Å². The van der Waals surface area contributed by atoms with Crippen molar-refractivity contribution in [3.8, 4) is 11.8 Å². The topological polar surface area (TPSA) is 32.6 Å². The van der Waals surface area contributed by atoms with Crippen LogP contribution in [-0.2, 0) is 0 Å². The second-order valence-corrected chi connectivity index (χ2v) is 2.46. The lowest BCUT2D eigenvalue weighted by molar-refractivity contribution is 0.322. The molecule has 1 aromatic rings. The minimum Gasteiger partial charge on any atom is -0.410 e. The third-order valence-electron chi connectivity index (χ3n) is 1.16. The number of benzene rings is 1. The van der Waals surface area contributed by atoms with Crippen LogP contribution in [0.25, 0.3) is 0 Å². The van der Waals surface area contributed by atoms with E-state index in [4.69, 9.17) is 16.8 Å². The van der Waals surface area contributed by atoms with Gasteiger partial charge in [-0.3, -0.25) is 0 Å². The zero-order valence-corrected chi connectivity index (χ0v) is 6.92. The van der Waals surface area contributed by atoms with Crippen molar-refractivity contribution in [2.24, 2.45) is 5.16 Å². The summed E-state index contributed by atoms with van der Waals surface area (Å²) in [5.41, 5.74) is 0.794. The monoisotopic (exact) mass is 179 g/mol. The standard InChI is InChI=1S/C9H6ClNO/c10-9-5-1-3-8(7-9)4-2-6-11-12/h1,3,5-7,12H/b11-6+. The molecule has 0 aliphatic carbocycles. The molecule has 0 atom stereocenters. The summed E-state index contributed by atoms with van der Waals surface area (Å²) < 4.78 is 0. The predicted molar refractivity (Wildman–Crippen MR) is 48.6 cm³/mol. The van der Waals surface area contributed by atoms with Crippen molar-refractivity contribution in [1.29, 1.82) is 0 Å². The first-order chi connectivity index (χ1) is 5.83. The molecule has 0 fully saturated rings. The second kappa shape index (κ2) is 4.42. The SMILES string of the molecule is O/N=C/C#Cc1cccc(Cl)c1. The Hall–Kier alpha value is -1.46. The largest absolute Gasteiger partial charge is 0.410 e. The van der Waals surface area contributed by atoms with E-state index in [9.17, 15) is 0 Å². The Morgan fingerprint density at radius 3 is 3.00 bits per heavy atom. The normalized spacial score (nSPS) is 9.42. The van der Waals surface area contributed by atoms with E-state index in [1.807, 2.05) is 12.1 Å². The fraction of sp³-hybridized carbons (Fsp3) is 0. The Bertz CT molecular complexity index is 349. The van der Waals surface area contributed by atoms with Gasteiger partial charge in [0.1, 0.15) is 6.21 Å². The quantitative estimate of drug-likeness (QED) is 0.282. The van der Waals surface area contributed by atoms with Gasteiger partial charge in [-0.05, 0) is 24.1 Å². The molecule has 1 N–H and O–H groups in total. The maximum atomic E-state index is 8.04. The Kier molecular flexibility index (Phi) is 3.18. The van der Waals surface area contributed by atoms with Gasteiger partial charge in [0, 0.05) is 10.6 Å². The highest BCUT2D eigenvalue weighted by Crippen LogP contribution is 2.08. The zero-order valence-electron chi connectivity index (χ0n) is 6.16. The minimum atomic E-state index is 0.641. The third-order valence-corrected chi connectivity index (χ3v) is 1.40. The van der Waals surface area contributed by atoms with E-state index in [1.54, 1.807) is 12.1 Å². The predicted octanol–water partition coefficient (Wildman–Crippen LogP) is 2.15. The van der Waals surface area contributed by atoms with Gasteiger partial charge in [-0.15, -0.1) is 0 Å². The van der Waals surface area contributed by atoms with Crippen LogP contribution in [0.5, 0.6) is 0 Å². The molecule has 0 aliphatic heterocycles. The summed E-state index contributed by atoms with van der Waals surface area (Å²) >= 11 is 5.71. The first-order valence-electron chi connectivity index (χ1n) is 3.26. The van der Waals surface area contributed by atoms with Crippen LogP contribution in [0.2, 0.25) is 5.02 Å². The van der Waals surface area contributed by atoms with Crippen molar-refractivity contribution in [2.75, 3.05) is 0 Å². The molecule has 1 aromatic carbocycles. The van der Waals surface area contributed by atoms with Crippen LogP contribution in [0.3, 0.4) is 0 Å². The molecule has 12 heavy (non-hydrogen) atoms. The molecular formula is C9H6ClNO. The van der Waals surface area contributed by atoms with Crippen LogP contribution in [0.1, 0.15) is 5.56 Å². The highest BCUT2D eigenvalue weighted by atomic mass is 35.5. The first kappa shape index (κ1) is 8.63. The Balaban J connectivity index is 2.85. The molecule has 0 saturated carbocycles. The van der Waals surface area contributed by atoms with E-state index in [0.717, 1.165) is 11.8 Å². The maximum Gasteiger partial charge on any atom is 0.116 e. The van der Waals surface area contributed by atoms with Gasteiger partial charge in [0.25, 0.3) is 0 Å². The van der Waals surface area contributed by atoms with Gasteiger partial charge in [-0.25, -0.2) is 0 Å². The smallest absolute Gasteiger partial charge is 0.116 e. The first-order valence-corrected chi connectivity index (χ1v) is 3.64. The van der Waals surface area contributed by atoms with E-state index in [2.05, 4.69) is 17.0 Å². The van der Waals surface area contributed by atoms with Gasteiger partial charge in [-0.2, -0.15) is 0 Å². The zero-order chi connectivity index (χ0) is 8.81. The van der Waals surface area contributed by atoms with Crippen LogP contribution in [0.4, 0.5) is 0 Å².